The van der Waals surface area contributed by atoms with Gasteiger partial charge in [0.05, 0.1) is 27.7 Å². The van der Waals surface area contributed by atoms with Crippen LogP contribution < -0.4 is 4.90 Å². The third kappa shape index (κ3) is 4.33. The van der Waals surface area contributed by atoms with Crippen LogP contribution in [0.25, 0.3) is 66.0 Å². The third-order valence-electron chi connectivity index (χ3n) is 8.84. The van der Waals surface area contributed by atoms with Crippen LogP contribution in [0.15, 0.2) is 174 Å². The van der Waals surface area contributed by atoms with E-state index in [4.69, 9.17) is 9.40 Å². The fourth-order valence-corrected chi connectivity index (χ4v) is 6.75. The first-order valence-corrected chi connectivity index (χ1v) is 15.6. The number of nitrogens with zero attached hydrogens (tertiary/aromatic N) is 2. The molecule has 0 saturated carbocycles. The lowest BCUT2D eigenvalue weighted by Gasteiger charge is -2.29. The molecule has 46 heavy (non-hydrogen) atoms. The van der Waals surface area contributed by atoms with Crippen molar-refractivity contribution in [3.05, 3.63) is 170 Å². The van der Waals surface area contributed by atoms with Gasteiger partial charge in [-0.05, 0) is 69.9 Å². The maximum Gasteiger partial charge on any atom is 0.227 e. The highest BCUT2D eigenvalue weighted by molar-refractivity contribution is 6.15. The van der Waals surface area contributed by atoms with Crippen LogP contribution in [0.5, 0.6) is 0 Å². The van der Waals surface area contributed by atoms with Gasteiger partial charge in [-0.2, -0.15) is 0 Å². The zero-order chi connectivity index (χ0) is 30.5. The first-order chi connectivity index (χ1) is 22.8. The summed E-state index contributed by atoms with van der Waals surface area (Å²) in [7, 11) is 0. The highest BCUT2D eigenvalue weighted by atomic mass is 16.3. The second-order valence-corrected chi connectivity index (χ2v) is 11.6. The molecule has 0 atom stereocenters. The topological polar surface area (TPSA) is 29.3 Å². The molecule has 9 aromatic rings. The number of aromatic nitrogens is 1. The van der Waals surface area contributed by atoms with Crippen molar-refractivity contribution in [1.29, 1.82) is 0 Å². The number of furan rings is 1. The van der Waals surface area contributed by atoms with Crippen LogP contribution in [0.4, 0.5) is 17.1 Å². The number of anilines is 3. The van der Waals surface area contributed by atoms with Gasteiger partial charge in [-0.15, -0.1) is 0 Å². The molecule has 0 spiro atoms. The highest BCUT2D eigenvalue weighted by Gasteiger charge is 2.23. The van der Waals surface area contributed by atoms with E-state index >= 15 is 0 Å². The number of rotatable bonds is 5. The highest BCUT2D eigenvalue weighted by Crippen LogP contribution is 2.46. The lowest BCUT2D eigenvalue weighted by atomic mass is 9.97. The Balaban J connectivity index is 1.34. The van der Waals surface area contributed by atoms with Crippen LogP contribution in [0.2, 0.25) is 0 Å². The summed E-state index contributed by atoms with van der Waals surface area (Å²) in [5.41, 5.74) is 10.2. The molecule has 216 valence electrons. The molecule has 0 amide bonds. The van der Waals surface area contributed by atoms with Crippen molar-refractivity contribution in [2.75, 3.05) is 4.90 Å². The SMILES string of the molecule is c1ccc(-c2ccccc2N(c2cccc(-c3cccc4ccccc34)c2)c2cccc3oc4nc5ccccc5cc4c23)cc1. The predicted molar refractivity (Wildman–Crippen MR) is 192 cm³/mol. The molecule has 9 rings (SSSR count). The van der Waals surface area contributed by atoms with E-state index in [0.29, 0.717) is 5.71 Å². The molecule has 0 aliphatic rings. The Morgan fingerprint density at radius 3 is 2.07 bits per heavy atom. The molecule has 7 aromatic carbocycles. The van der Waals surface area contributed by atoms with Crippen molar-refractivity contribution in [2.45, 2.75) is 0 Å². The Kier molecular flexibility index (Phi) is 6.14. The molecule has 3 nitrogen and oxygen atoms in total. The molecule has 0 unspecified atom stereocenters. The summed E-state index contributed by atoms with van der Waals surface area (Å²) in [5, 5.41) is 5.58. The average Bonchev–Trinajstić information content (AvgIpc) is 3.49. The smallest absolute Gasteiger partial charge is 0.227 e. The summed E-state index contributed by atoms with van der Waals surface area (Å²) in [5.74, 6) is 0. The Bertz CT molecular complexity index is 2540. The molecule has 0 aliphatic carbocycles. The lowest BCUT2D eigenvalue weighted by Crippen LogP contribution is -2.11. The van der Waals surface area contributed by atoms with Crippen molar-refractivity contribution in [3.8, 4) is 22.3 Å². The van der Waals surface area contributed by atoms with Gasteiger partial charge in [0, 0.05) is 16.6 Å². The largest absolute Gasteiger partial charge is 0.438 e. The minimum atomic E-state index is 0.641. The third-order valence-corrected chi connectivity index (χ3v) is 8.84. The monoisotopic (exact) mass is 588 g/mol. The van der Waals surface area contributed by atoms with Crippen LogP contribution in [-0.2, 0) is 0 Å². The van der Waals surface area contributed by atoms with E-state index < -0.39 is 0 Å². The molecule has 0 radical (unpaired) electrons. The second kappa shape index (κ2) is 10.8. The number of pyridine rings is 1. The Labute approximate surface area is 266 Å². The summed E-state index contributed by atoms with van der Waals surface area (Å²) in [6.07, 6.45) is 0. The number of para-hydroxylation sites is 2. The number of benzene rings is 7. The molecule has 2 aromatic heterocycles. The Morgan fingerprint density at radius 2 is 1.13 bits per heavy atom. The van der Waals surface area contributed by atoms with Crippen LogP contribution >= 0.6 is 0 Å². The van der Waals surface area contributed by atoms with E-state index in [2.05, 4.69) is 157 Å². The molecule has 0 aliphatic heterocycles. The van der Waals surface area contributed by atoms with E-state index in [9.17, 15) is 0 Å². The van der Waals surface area contributed by atoms with Gasteiger partial charge in [0.25, 0.3) is 0 Å². The maximum atomic E-state index is 6.44. The first-order valence-electron chi connectivity index (χ1n) is 15.6. The van der Waals surface area contributed by atoms with Crippen LogP contribution in [0.1, 0.15) is 0 Å². The number of hydrogen-bond acceptors (Lipinski definition) is 3. The minimum Gasteiger partial charge on any atom is -0.438 e. The van der Waals surface area contributed by atoms with Gasteiger partial charge in [0.1, 0.15) is 5.58 Å². The van der Waals surface area contributed by atoms with Gasteiger partial charge in [0.15, 0.2) is 0 Å². The van der Waals surface area contributed by atoms with E-state index in [1.165, 1.54) is 16.3 Å². The van der Waals surface area contributed by atoms with Gasteiger partial charge >= 0.3 is 0 Å². The summed E-state index contributed by atoms with van der Waals surface area (Å²) in [6, 6.07) is 60.0. The fourth-order valence-electron chi connectivity index (χ4n) is 6.75. The van der Waals surface area contributed by atoms with Crippen molar-refractivity contribution in [1.82, 2.24) is 4.98 Å². The van der Waals surface area contributed by atoms with Crippen LogP contribution in [-0.4, -0.2) is 4.98 Å². The normalized spacial score (nSPS) is 11.5. The van der Waals surface area contributed by atoms with Gasteiger partial charge in [0.2, 0.25) is 5.71 Å². The molecule has 3 heteroatoms. The summed E-state index contributed by atoms with van der Waals surface area (Å²) in [6.45, 7) is 0. The average molecular weight is 589 g/mol. The van der Waals surface area contributed by atoms with Gasteiger partial charge in [-0.1, -0.05) is 127 Å². The lowest BCUT2D eigenvalue weighted by molar-refractivity contribution is 0.656. The standard InChI is InChI=1S/C43H28N2O/c1-2-13-30(14-3-1)36-21-7-9-24-39(36)45(33-19-10-18-31(27-33)35-22-11-17-29-15-4-6-20-34(29)35)40-25-12-26-41-42(40)37-28-32-16-5-8-23-38(32)44-43(37)46-41/h1-28H. The molecular weight excluding hydrogens is 560 g/mol. The van der Waals surface area contributed by atoms with Crippen molar-refractivity contribution in [2.24, 2.45) is 0 Å². The zero-order valence-corrected chi connectivity index (χ0v) is 25.0. The second-order valence-electron chi connectivity index (χ2n) is 11.6. The van der Waals surface area contributed by atoms with Crippen LogP contribution in [0, 0.1) is 0 Å². The van der Waals surface area contributed by atoms with E-state index in [-0.39, 0.29) is 0 Å². The fraction of sp³-hybridized carbons (Fsp3) is 0. The van der Waals surface area contributed by atoms with Gasteiger partial charge in [-0.25, -0.2) is 4.98 Å². The molecule has 0 N–H and O–H groups in total. The Hall–Kier alpha value is -6.19. The Morgan fingerprint density at radius 1 is 0.457 bits per heavy atom. The summed E-state index contributed by atoms with van der Waals surface area (Å²) in [4.78, 5) is 7.30. The van der Waals surface area contributed by atoms with Gasteiger partial charge in [-0.3, -0.25) is 0 Å². The van der Waals surface area contributed by atoms with Crippen molar-refractivity contribution < 1.29 is 4.42 Å². The van der Waals surface area contributed by atoms with E-state index in [1.54, 1.807) is 0 Å². The minimum absolute atomic E-state index is 0.641. The quantitative estimate of drug-likeness (QED) is 0.200. The molecular formula is C43H28N2O. The zero-order valence-electron chi connectivity index (χ0n) is 25.0. The molecule has 0 fully saturated rings. The maximum absolute atomic E-state index is 6.44. The van der Waals surface area contributed by atoms with Gasteiger partial charge < -0.3 is 9.32 Å². The number of hydrogen-bond donors (Lipinski definition) is 0. The summed E-state index contributed by atoms with van der Waals surface area (Å²) >= 11 is 0. The molecule has 2 heterocycles. The molecule has 0 saturated heterocycles. The van der Waals surface area contributed by atoms with Crippen LogP contribution in [0.3, 0.4) is 0 Å². The van der Waals surface area contributed by atoms with Crippen molar-refractivity contribution >= 4 is 60.8 Å². The first kappa shape index (κ1) is 26.2. The number of fused-ring (bicyclic) bond motifs is 5. The van der Waals surface area contributed by atoms with E-state index in [0.717, 1.165) is 61.0 Å². The van der Waals surface area contributed by atoms with E-state index in [1.807, 2.05) is 18.2 Å². The summed E-state index contributed by atoms with van der Waals surface area (Å²) < 4.78 is 6.44. The molecule has 0 bridgehead atoms. The van der Waals surface area contributed by atoms with Crippen molar-refractivity contribution in [3.63, 3.8) is 0 Å². The predicted octanol–water partition coefficient (Wildman–Crippen LogP) is 12.1.